The first kappa shape index (κ1) is 18.3. The van der Waals surface area contributed by atoms with Crippen molar-refractivity contribution in [3.05, 3.63) is 36.2 Å². The number of nitrogens with zero attached hydrogens (tertiary/aromatic N) is 2. The highest BCUT2D eigenvalue weighted by atomic mass is 16.5. The molecule has 3 rings (SSSR count). The van der Waals surface area contributed by atoms with Crippen molar-refractivity contribution in [3.8, 4) is 11.5 Å². The average molecular weight is 356 g/mol. The summed E-state index contributed by atoms with van der Waals surface area (Å²) in [5, 5.41) is 6.91. The molecule has 1 aromatic carbocycles. The Morgan fingerprint density at radius 3 is 2.50 bits per heavy atom. The van der Waals surface area contributed by atoms with E-state index in [1.54, 1.807) is 20.5 Å². The van der Waals surface area contributed by atoms with Crippen LogP contribution >= 0.6 is 0 Å². The zero-order chi connectivity index (χ0) is 18.2. The van der Waals surface area contributed by atoms with Gasteiger partial charge in [0.05, 0.1) is 14.2 Å². The van der Waals surface area contributed by atoms with E-state index in [0.29, 0.717) is 6.04 Å². The van der Waals surface area contributed by atoms with E-state index in [4.69, 9.17) is 9.47 Å². The van der Waals surface area contributed by atoms with Gasteiger partial charge < -0.3 is 20.1 Å². The second-order valence-electron chi connectivity index (χ2n) is 6.63. The lowest BCUT2D eigenvalue weighted by Gasteiger charge is -2.23. The van der Waals surface area contributed by atoms with Gasteiger partial charge in [-0.3, -0.25) is 0 Å². The molecule has 2 N–H and O–H groups in total. The number of methoxy groups -OCH3 is 2. The molecule has 140 valence electrons. The van der Waals surface area contributed by atoms with Crippen LogP contribution < -0.4 is 20.1 Å². The molecule has 0 unspecified atom stereocenters. The van der Waals surface area contributed by atoms with Crippen molar-refractivity contribution in [2.75, 3.05) is 31.4 Å². The Balaban J connectivity index is 1.52. The Kier molecular flexibility index (Phi) is 6.52. The van der Waals surface area contributed by atoms with Crippen molar-refractivity contribution in [2.24, 2.45) is 0 Å². The van der Waals surface area contributed by atoms with Gasteiger partial charge in [0.2, 0.25) is 0 Å². The molecule has 1 aliphatic rings. The zero-order valence-electron chi connectivity index (χ0n) is 15.6. The minimum absolute atomic E-state index is 0.540. The van der Waals surface area contributed by atoms with Gasteiger partial charge in [0.25, 0.3) is 0 Å². The molecule has 0 saturated heterocycles. The molecule has 26 heavy (non-hydrogen) atoms. The summed E-state index contributed by atoms with van der Waals surface area (Å²) in [5.74, 6) is 3.25. The van der Waals surface area contributed by atoms with Crippen LogP contribution in [0.2, 0.25) is 0 Å². The summed E-state index contributed by atoms with van der Waals surface area (Å²) in [6.07, 6.45) is 8.90. The molecule has 6 heteroatoms. The molecule has 6 nitrogen and oxygen atoms in total. The van der Waals surface area contributed by atoms with Crippen LogP contribution in [0, 0.1) is 0 Å². The second-order valence-corrected chi connectivity index (χ2v) is 6.63. The normalized spacial score (nSPS) is 14.7. The van der Waals surface area contributed by atoms with Crippen LogP contribution in [0.25, 0.3) is 0 Å². The first-order valence-electron chi connectivity index (χ1n) is 9.32. The van der Waals surface area contributed by atoms with Crippen LogP contribution in [0.4, 0.5) is 11.6 Å². The molecule has 0 spiro atoms. The number of ether oxygens (including phenoxy) is 2. The van der Waals surface area contributed by atoms with Crippen molar-refractivity contribution in [1.29, 1.82) is 0 Å². The van der Waals surface area contributed by atoms with Crippen molar-refractivity contribution >= 4 is 11.6 Å². The molecule has 0 aliphatic heterocycles. The van der Waals surface area contributed by atoms with Crippen LogP contribution in [0.1, 0.15) is 37.7 Å². The van der Waals surface area contributed by atoms with Crippen LogP contribution in [-0.2, 0) is 6.42 Å². The number of anilines is 2. The number of aromatic nitrogens is 2. The van der Waals surface area contributed by atoms with E-state index >= 15 is 0 Å². The Morgan fingerprint density at radius 2 is 1.73 bits per heavy atom. The number of rotatable bonds is 8. The molecule has 0 bridgehead atoms. The molecule has 0 amide bonds. The summed E-state index contributed by atoms with van der Waals surface area (Å²) in [4.78, 5) is 8.67. The molecule has 1 saturated carbocycles. The summed E-state index contributed by atoms with van der Waals surface area (Å²) in [7, 11) is 3.30. The van der Waals surface area contributed by atoms with E-state index < -0.39 is 0 Å². The van der Waals surface area contributed by atoms with Gasteiger partial charge in [0, 0.05) is 18.7 Å². The lowest BCUT2D eigenvalue weighted by atomic mass is 9.95. The van der Waals surface area contributed by atoms with E-state index in [1.165, 1.54) is 37.7 Å². The predicted octanol–water partition coefficient (Wildman–Crippen LogP) is 3.89. The van der Waals surface area contributed by atoms with E-state index in [0.717, 1.165) is 36.1 Å². The second kappa shape index (κ2) is 9.27. The van der Waals surface area contributed by atoms with Gasteiger partial charge in [-0.25, -0.2) is 9.97 Å². The van der Waals surface area contributed by atoms with Gasteiger partial charge in [0.15, 0.2) is 11.5 Å². The summed E-state index contributed by atoms with van der Waals surface area (Å²) >= 11 is 0. The summed E-state index contributed by atoms with van der Waals surface area (Å²) in [6, 6.07) is 8.53. The summed E-state index contributed by atoms with van der Waals surface area (Å²) in [6.45, 7) is 0.787. The third-order valence-corrected chi connectivity index (χ3v) is 4.79. The van der Waals surface area contributed by atoms with Crippen LogP contribution in [0.5, 0.6) is 11.5 Å². The zero-order valence-corrected chi connectivity index (χ0v) is 15.6. The Bertz CT molecular complexity index is 702. The van der Waals surface area contributed by atoms with Crippen molar-refractivity contribution in [3.63, 3.8) is 0 Å². The Labute approximate surface area is 155 Å². The lowest BCUT2D eigenvalue weighted by Crippen LogP contribution is -2.23. The standard InChI is InChI=1S/C20H28N4O2/c1-25-17-9-8-15(12-18(17)26-2)10-11-21-19-13-20(23-14-22-19)24-16-6-4-3-5-7-16/h8-9,12-14,16H,3-7,10-11H2,1-2H3,(H2,21,22,23,24). The monoisotopic (exact) mass is 356 g/mol. The highest BCUT2D eigenvalue weighted by Crippen LogP contribution is 2.27. The number of hydrogen-bond donors (Lipinski definition) is 2. The van der Waals surface area contributed by atoms with Gasteiger partial charge in [-0.2, -0.15) is 0 Å². The van der Waals surface area contributed by atoms with E-state index in [-0.39, 0.29) is 0 Å². The number of hydrogen-bond acceptors (Lipinski definition) is 6. The first-order valence-corrected chi connectivity index (χ1v) is 9.32. The molecule has 1 fully saturated rings. The smallest absolute Gasteiger partial charge is 0.160 e. The van der Waals surface area contributed by atoms with Crippen LogP contribution in [-0.4, -0.2) is 36.8 Å². The highest BCUT2D eigenvalue weighted by Gasteiger charge is 2.13. The Morgan fingerprint density at radius 1 is 0.962 bits per heavy atom. The molecular weight excluding hydrogens is 328 g/mol. The highest BCUT2D eigenvalue weighted by molar-refractivity contribution is 5.47. The quantitative estimate of drug-likeness (QED) is 0.748. The fourth-order valence-corrected chi connectivity index (χ4v) is 3.36. The van der Waals surface area contributed by atoms with Crippen LogP contribution in [0.15, 0.2) is 30.6 Å². The fourth-order valence-electron chi connectivity index (χ4n) is 3.36. The largest absolute Gasteiger partial charge is 0.493 e. The van der Waals surface area contributed by atoms with Gasteiger partial charge in [0.1, 0.15) is 18.0 Å². The average Bonchev–Trinajstić information content (AvgIpc) is 2.69. The van der Waals surface area contributed by atoms with Crippen molar-refractivity contribution < 1.29 is 9.47 Å². The third kappa shape index (κ3) is 5.00. The summed E-state index contributed by atoms with van der Waals surface area (Å²) in [5.41, 5.74) is 1.18. The lowest BCUT2D eigenvalue weighted by molar-refractivity contribution is 0.354. The van der Waals surface area contributed by atoms with Crippen LogP contribution in [0.3, 0.4) is 0 Å². The number of benzene rings is 1. The van der Waals surface area contributed by atoms with Crippen molar-refractivity contribution in [2.45, 2.75) is 44.6 Å². The van der Waals surface area contributed by atoms with Gasteiger partial charge in [-0.1, -0.05) is 25.3 Å². The van der Waals surface area contributed by atoms with E-state index in [2.05, 4.69) is 26.7 Å². The molecule has 0 radical (unpaired) electrons. The third-order valence-electron chi connectivity index (χ3n) is 4.79. The minimum Gasteiger partial charge on any atom is -0.493 e. The molecule has 1 aliphatic carbocycles. The number of nitrogens with one attached hydrogen (secondary N) is 2. The van der Waals surface area contributed by atoms with E-state index in [9.17, 15) is 0 Å². The fraction of sp³-hybridized carbons (Fsp3) is 0.500. The topological polar surface area (TPSA) is 68.3 Å². The SMILES string of the molecule is COc1ccc(CCNc2cc(NC3CCCCC3)ncn2)cc1OC. The van der Waals surface area contributed by atoms with Gasteiger partial charge in [-0.05, 0) is 37.0 Å². The summed E-state index contributed by atoms with van der Waals surface area (Å²) < 4.78 is 10.6. The van der Waals surface area contributed by atoms with Gasteiger partial charge >= 0.3 is 0 Å². The molecule has 1 heterocycles. The Hall–Kier alpha value is -2.50. The van der Waals surface area contributed by atoms with Gasteiger partial charge in [-0.15, -0.1) is 0 Å². The molecule has 1 aromatic heterocycles. The first-order chi connectivity index (χ1) is 12.8. The van der Waals surface area contributed by atoms with E-state index in [1.807, 2.05) is 18.2 Å². The molecule has 2 aromatic rings. The molecule has 0 atom stereocenters. The minimum atomic E-state index is 0.540. The molecular formula is C20H28N4O2. The van der Waals surface area contributed by atoms with Crippen molar-refractivity contribution in [1.82, 2.24) is 9.97 Å². The maximum Gasteiger partial charge on any atom is 0.160 e. The predicted molar refractivity (Wildman–Crippen MR) is 104 cm³/mol. The maximum atomic E-state index is 5.36. The maximum absolute atomic E-state index is 5.36.